The van der Waals surface area contributed by atoms with Crippen LogP contribution in [-0.4, -0.2) is 35.0 Å². The molecule has 5 nitrogen and oxygen atoms in total. The van der Waals surface area contributed by atoms with Crippen LogP contribution in [0.15, 0.2) is 30.7 Å². The highest BCUT2D eigenvalue weighted by Gasteiger charge is 2.51. The van der Waals surface area contributed by atoms with Crippen LogP contribution in [0, 0.1) is 6.92 Å². The molecule has 2 heterocycles. The van der Waals surface area contributed by atoms with E-state index >= 15 is 0 Å². The third-order valence-corrected chi connectivity index (χ3v) is 4.72. The van der Waals surface area contributed by atoms with E-state index in [-0.39, 0.29) is 11.2 Å². The first-order valence-electron chi connectivity index (χ1n) is 7.78. The van der Waals surface area contributed by atoms with Crippen molar-refractivity contribution < 1.29 is 14.0 Å². The van der Waals surface area contributed by atoms with Crippen molar-refractivity contribution >= 4 is 12.6 Å². The Morgan fingerprint density at radius 3 is 2.30 bits per heavy atom. The molecule has 0 spiro atoms. The van der Waals surface area contributed by atoms with E-state index in [1.807, 2.05) is 63.6 Å². The van der Waals surface area contributed by atoms with Crippen LogP contribution in [-0.2, 0) is 9.31 Å². The largest absolute Gasteiger partial charge is 0.495 e. The molecule has 122 valence electrons. The Balaban J connectivity index is 1.94. The Kier molecular flexibility index (Phi) is 3.77. The van der Waals surface area contributed by atoms with E-state index in [1.165, 1.54) is 0 Å². The molecule has 0 N–H and O–H groups in total. The van der Waals surface area contributed by atoms with Crippen LogP contribution < -0.4 is 10.2 Å². The Labute approximate surface area is 137 Å². The standard InChI is InChI=1S/C17H23BN2O3/c1-12-10-20(11-19-12)14-8-7-13(9-15(14)21-6)18-22-16(2,3)17(4,5)23-18/h7-11H,1-6H3. The minimum absolute atomic E-state index is 0.356. The van der Waals surface area contributed by atoms with Gasteiger partial charge in [-0.2, -0.15) is 0 Å². The number of hydrogen-bond acceptors (Lipinski definition) is 4. The van der Waals surface area contributed by atoms with E-state index in [4.69, 9.17) is 14.0 Å². The average Bonchev–Trinajstić information content (AvgIpc) is 2.99. The molecule has 0 radical (unpaired) electrons. The predicted octanol–water partition coefficient (Wildman–Crippen LogP) is 2.49. The summed E-state index contributed by atoms with van der Waals surface area (Å²) in [7, 11) is 1.27. The van der Waals surface area contributed by atoms with E-state index in [2.05, 4.69) is 4.98 Å². The molecule has 1 saturated heterocycles. The second-order valence-corrected chi connectivity index (χ2v) is 6.94. The zero-order valence-corrected chi connectivity index (χ0v) is 14.6. The van der Waals surface area contributed by atoms with Gasteiger partial charge in [0.25, 0.3) is 0 Å². The Hall–Kier alpha value is -1.79. The maximum atomic E-state index is 6.10. The third kappa shape index (κ3) is 2.77. The number of imidazole rings is 1. The van der Waals surface area contributed by atoms with E-state index in [1.54, 1.807) is 13.4 Å². The van der Waals surface area contributed by atoms with Crippen LogP contribution in [0.25, 0.3) is 5.69 Å². The van der Waals surface area contributed by atoms with Gasteiger partial charge in [-0.25, -0.2) is 4.98 Å². The van der Waals surface area contributed by atoms with Gasteiger partial charge in [0.1, 0.15) is 5.75 Å². The third-order valence-electron chi connectivity index (χ3n) is 4.72. The van der Waals surface area contributed by atoms with Gasteiger partial charge in [0.15, 0.2) is 0 Å². The Bertz CT molecular complexity index is 708. The van der Waals surface area contributed by atoms with Gasteiger partial charge in [-0.15, -0.1) is 0 Å². The SMILES string of the molecule is COc1cc(B2OC(C)(C)C(C)(C)O2)ccc1-n1cnc(C)c1. The summed E-state index contributed by atoms with van der Waals surface area (Å²) in [6, 6.07) is 5.97. The molecular weight excluding hydrogens is 291 g/mol. The molecule has 0 aliphatic carbocycles. The van der Waals surface area contributed by atoms with E-state index < -0.39 is 7.12 Å². The second-order valence-electron chi connectivity index (χ2n) is 6.94. The van der Waals surface area contributed by atoms with Crippen molar-refractivity contribution in [1.29, 1.82) is 0 Å². The van der Waals surface area contributed by atoms with Crippen molar-refractivity contribution in [2.24, 2.45) is 0 Å². The number of hydrogen-bond donors (Lipinski definition) is 0. The zero-order valence-electron chi connectivity index (χ0n) is 14.6. The van der Waals surface area contributed by atoms with Gasteiger partial charge in [-0.3, -0.25) is 0 Å². The first-order chi connectivity index (χ1) is 10.7. The Morgan fingerprint density at radius 1 is 1.13 bits per heavy atom. The van der Waals surface area contributed by atoms with Crippen LogP contribution in [0.2, 0.25) is 0 Å². The van der Waals surface area contributed by atoms with Gasteiger partial charge >= 0.3 is 7.12 Å². The van der Waals surface area contributed by atoms with Crippen molar-refractivity contribution in [2.75, 3.05) is 7.11 Å². The fraction of sp³-hybridized carbons (Fsp3) is 0.471. The van der Waals surface area contributed by atoms with Gasteiger partial charge in [-0.05, 0) is 52.2 Å². The topological polar surface area (TPSA) is 45.5 Å². The van der Waals surface area contributed by atoms with Gasteiger partial charge < -0.3 is 18.6 Å². The molecule has 1 aromatic carbocycles. The minimum atomic E-state index is -0.396. The fourth-order valence-electron chi connectivity index (χ4n) is 2.59. The predicted molar refractivity (Wildman–Crippen MR) is 90.6 cm³/mol. The number of aryl methyl sites for hydroxylation is 1. The van der Waals surface area contributed by atoms with Gasteiger partial charge in [0.05, 0.1) is 36.0 Å². The average molecular weight is 314 g/mol. The molecule has 0 bridgehead atoms. The summed E-state index contributed by atoms with van der Waals surface area (Å²) in [5.74, 6) is 0.759. The molecule has 1 fully saturated rings. The summed E-state index contributed by atoms with van der Waals surface area (Å²) in [4.78, 5) is 4.26. The van der Waals surface area contributed by atoms with Crippen molar-refractivity contribution in [1.82, 2.24) is 9.55 Å². The number of aromatic nitrogens is 2. The molecule has 3 rings (SSSR count). The summed E-state index contributed by atoms with van der Waals surface area (Å²) in [5.41, 5.74) is 2.13. The van der Waals surface area contributed by atoms with Crippen LogP contribution >= 0.6 is 0 Å². The summed E-state index contributed by atoms with van der Waals surface area (Å²) in [6.45, 7) is 10.2. The monoisotopic (exact) mass is 314 g/mol. The molecule has 0 saturated carbocycles. The second kappa shape index (κ2) is 5.39. The lowest BCUT2D eigenvalue weighted by atomic mass is 9.79. The summed E-state index contributed by atoms with van der Waals surface area (Å²) in [6.07, 6.45) is 3.74. The van der Waals surface area contributed by atoms with Gasteiger partial charge in [0, 0.05) is 6.20 Å². The minimum Gasteiger partial charge on any atom is -0.495 e. The molecule has 0 amide bonds. The van der Waals surface area contributed by atoms with Gasteiger partial charge in [-0.1, -0.05) is 6.07 Å². The molecule has 1 aliphatic heterocycles. The molecule has 2 aromatic rings. The van der Waals surface area contributed by atoms with E-state index in [0.29, 0.717) is 0 Å². The maximum Gasteiger partial charge on any atom is 0.494 e. The molecule has 1 aliphatic rings. The first-order valence-corrected chi connectivity index (χ1v) is 7.78. The molecule has 23 heavy (non-hydrogen) atoms. The number of nitrogens with zero attached hydrogens (tertiary/aromatic N) is 2. The highest BCUT2D eigenvalue weighted by atomic mass is 16.7. The summed E-state index contributed by atoms with van der Waals surface area (Å²) < 4.78 is 19.7. The van der Waals surface area contributed by atoms with Crippen molar-refractivity contribution in [3.63, 3.8) is 0 Å². The van der Waals surface area contributed by atoms with E-state index in [9.17, 15) is 0 Å². The zero-order chi connectivity index (χ0) is 16.8. The highest BCUT2D eigenvalue weighted by Crippen LogP contribution is 2.36. The lowest BCUT2D eigenvalue weighted by Gasteiger charge is -2.32. The molecule has 6 heteroatoms. The lowest BCUT2D eigenvalue weighted by Crippen LogP contribution is -2.41. The van der Waals surface area contributed by atoms with Crippen LogP contribution in [0.1, 0.15) is 33.4 Å². The number of benzene rings is 1. The fourth-order valence-corrected chi connectivity index (χ4v) is 2.59. The van der Waals surface area contributed by atoms with Crippen LogP contribution in [0.4, 0.5) is 0 Å². The molecular formula is C17H23BN2O3. The maximum absolute atomic E-state index is 6.10. The molecule has 0 unspecified atom stereocenters. The van der Waals surface area contributed by atoms with E-state index in [0.717, 1.165) is 22.6 Å². The number of methoxy groups -OCH3 is 1. The summed E-state index contributed by atoms with van der Waals surface area (Å²) in [5, 5.41) is 0. The number of ether oxygens (including phenoxy) is 1. The van der Waals surface area contributed by atoms with Crippen LogP contribution in [0.5, 0.6) is 5.75 Å². The van der Waals surface area contributed by atoms with Crippen molar-refractivity contribution in [3.8, 4) is 11.4 Å². The number of rotatable bonds is 3. The molecule has 1 aromatic heterocycles. The first kappa shape index (κ1) is 16.1. The van der Waals surface area contributed by atoms with Crippen molar-refractivity contribution in [3.05, 3.63) is 36.4 Å². The smallest absolute Gasteiger partial charge is 0.494 e. The molecule has 0 atom stereocenters. The lowest BCUT2D eigenvalue weighted by molar-refractivity contribution is 0.00578. The Morgan fingerprint density at radius 2 is 1.78 bits per heavy atom. The highest BCUT2D eigenvalue weighted by molar-refractivity contribution is 6.62. The van der Waals surface area contributed by atoms with Gasteiger partial charge in [0.2, 0.25) is 0 Å². The van der Waals surface area contributed by atoms with Crippen molar-refractivity contribution in [2.45, 2.75) is 45.8 Å². The summed E-state index contributed by atoms with van der Waals surface area (Å²) >= 11 is 0. The van der Waals surface area contributed by atoms with Crippen LogP contribution in [0.3, 0.4) is 0 Å². The normalized spacial score (nSPS) is 19.1. The quantitative estimate of drug-likeness (QED) is 0.817.